The number of nitrogens with one attached hydrogen (secondary N) is 2. The Labute approximate surface area is 192 Å². The number of amides is 1. The molecule has 1 atom stereocenters. The van der Waals surface area contributed by atoms with Crippen molar-refractivity contribution in [1.29, 1.82) is 0 Å². The molecule has 1 aromatic heterocycles. The Hall–Kier alpha value is -3.78. The second kappa shape index (κ2) is 9.79. The highest BCUT2D eigenvalue weighted by Crippen LogP contribution is 2.34. The summed E-state index contributed by atoms with van der Waals surface area (Å²) in [6, 6.07) is 12.9. The second-order valence-corrected chi connectivity index (χ2v) is 8.01. The zero-order valence-corrected chi connectivity index (χ0v) is 18.6. The molecule has 3 N–H and O–H groups in total. The number of nitrogens with zero attached hydrogens (tertiary/aromatic N) is 2. The molecule has 0 radical (unpaired) electrons. The number of rotatable bonds is 8. The first kappa shape index (κ1) is 22.4. The number of hydrogen-bond acceptors (Lipinski definition) is 6. The van der Waals surface area contributed by atoms with E-state index in [9.17, 15) is 14.7 Å². The number of aromatic nitrogens is 2. The van der Waals surface area contributed by atoms with Crippen molar-refractivity contribution in [1.82, 2.24) is 20.6 Å². The molecular formula is C25H26N4O4. The lowest BCUT2D eigenvalue weighted by Gasteiger charge is -2.15. The molecule has 0 spiro atoms. The van der Waals surface area contributed by atoms with Crippen LogP contribution in [0.4, 0.5) is 0 Å². The lowest BCUT2D eigenvalue weighted by Crippen LogP contribution is -2.25. The molecule has 0 fully saturated rings. The minimum atomic E-state index is -0.898. The second-order valence-electron chi connectivity index (χ2n) is 8.01. The Balaban J connectivity index is 1.38. The zero-order valence-electron chi connectivity index (χ0n) is 18.6. The van der Waals surface area contributed by atoms with E-state index in [-0.39, 0.29) is 11.9 Å². The number of carbonyl (C=O) groups is 2. The predicted octanol–water partition coefficient (Wildman–Crippen LogP) is 3.20. The number of carboxylic acid groups (broad SMARTS) is 1. The SMILES string of the molecule is COc1cccc(CNC(=O)c2cc(CN[C@H]3CCc4c3ccc(C(=O)O)c4C)ncn2)c1. The fourth-order valence-corrected chi connectivity index (χ4v) is 4.23. The predicted molar refractivity (Wildman–Crippen MR) is 122 cm³/mol. The van der Waals surface area contributed by atoms with Gasteiger partial charge in [-0.25, -0.2) is 14.8 Å². The van der Waals surface area contributed by atoms with Crippen molar-refractivity contribution < 1.29 is 19.4 Å². The van der Waals surface area contributed by atoms with E-state index in [1.165, 1.54) is 6.33 Å². The number of hydrogen-bond donors (Lipinski definition) is 3. The van der Waals surface area contributed by atoms with E-state index in [1.807, 2.05) is 37.3 Å². The van der Waals surface area contributed by atoms with Gasteiger partial charge < -0.3 is 20.5 Å². The van der Waals surface area contributed by atoms with E-state index in [2.05, 4.69) is 20.6 Å². The van der Waals surface area contributed by atoms with Crippen LogP contribution in [0.5, 0.6) is 5.75 Å². The molecule has 1 aliphatic rings. The molecule has 1 heterocycles. The van der Waals surface area contributed by atoms with Gasteiger partial charge in [0.05, 0.1) is 18.4 Å². The summed E-state index contributed by atoms with van der Waals surface area (Å²) in [5.41, 5.74) is 5.37. The van der Waals surface area contributed by atoms with Crippen LogP contribution < -0.4 is 15.4 Å². The molecule has 170 valence electrons. The molecule has 1 amide bonds. The third kappa shape index (κ3) is 5.01. The van der Waals surface area contributed by atoms with Gasteiger partial charge in [-0.2, -0.15) is 0 Å². The molecule has 33 heavy (non-hydrogen) atoms. The molecule has 0 saturated heterocycles. The van der Waals surface area contributed by atoms with E-state index >= 15 is 0 Å². The Morgan fingerprint density at radius 2 is 2.00 bits per heavy atom. The van der Waals surface area contributed by atoms with Gasteiger partial charge in [-0.3, -0.25) is 4.79 Å². The molecule has 4 rings (SSSR count). The summed E-state index contributed by atoms with van der Waals surface area (Å²) in [7, 11) is 1.60. The molecule has 2 aromatic carbocycles. The maximum Gasteiger partial charge on any atom is 0.335 e. The van der Waals surface area contributed by atoms with Gasteiger partial charge in [0.15, 0.2) is 0 Å². The quantitative estimate of drug-likeness (QED) is 0.487. The third-order valence-corrected chi connectivity index (χ3v) is 6.00. The molecule has 0 saturated carbocycles. The summed E-state index contributed by atoms with van der Waals surface area (Å²) in [4.78, 5) is 32.4. The van der Waals surface area contributed by atoms with Crippen LogP contribution in [0, 0.1) is 6.92 Å². The number of methoxy groups -OCH3 is 1. The molecule has 8 heteroatoms. The van der Waals surface area contributed by atoms with Crippen LogP contribution in [0.25, 0.3) is 0 Å². The van der Waals surface area contributed by atoms with Crippen LogP contribution in [0.3, 0.4) is 0 Å². The molecular weight excluding hydrogens is 420 g/mol. The average Bonchev–Trinajstić information content (AvgIpc) is 3.25. The van der Waals surface area contributed by atoms with Crippen LogP contribution in [0.15, 0.2) is 48.8 Å². The van der Waals surface area contributed by atoms with Gasteiger partial charge in [-0.15, -0.1) is 0 Å². The number of aromatic carboxylic acids is 1. The molecule has 8 nitrogen and oxygen atoms in total. The smallest absolute Gasteiger partial charge is 0.335 e. The molecule has 0 bridgehead atoms. The summed E-state index contributed by atoms with van der Waals surface area (Å²) in [6.07, 6.45) is 3.11. The van der Waals surface area contributed by atoms with Gasteiger partial charge in [0.2, 0.25) is 0 Å². The van der Waals surface area contributed by atoms with Crippen LogP contribution in [0.2, 0.25) is 0 Å². The van der Waals surface area contributed by atoms with E-state index < -0.39 is 5.97 Å². The van der Waals surface area contributed by atoms with Gasteiger partial charge in [-0.05, 0) is 66.3 Å². The average molecular weight is 447 g/mol. The number of ether oxygens (including phenoxy) is 1. The largest absolute Gasteiger partial charge is 0.497 e. The lowest BCUT2D eigenvalue weighted by atomic mass is 9.98. The van der Waals surface area contributed by atoms with E-state index in [4.69, 9.17) is 4.74 Å². The van der Waals surface area contributed by atoms with E-state index in [0.29, 0.717) is 30.0 Å². The first-order valence-electron chi connectivity index (χ1n) is 10.8. The third-order valence-electron chi connectivity index (χ3n) is 6.00. The van der Waals surface area contributed by atoms with Gasteiger partial charge in [0.1, 0.15) is 17.8 Å². The fraction of sp³-hybridized carbons (Fsp3) is 0.280. The Morgan fingerprint density at radius 1 is 1.15 bits per heavy atom. The number of carbonyl (C=O) groups excluding carboxylic acids is 1. The van der Waals surface area contributed by atoms with Gasteiger partial charge >= 0.3 is 5.97 Å². The van der Waals surface area contributed by atoms with Crippen molar-refractivity contribution in [2.24, 2.45) is 0 Å². The number of benzene rings is 2. The molecule has 0 aliphatic heterocycles. The number of carboxylic acids is 1. The lowest BCUT2D eigenvalue weighted by molar-refractivity contribution is 0.0695. The highest BCUT2D eigenvalue weighted by Gasteiger charge is 2.26. The molecule has 3 aromatic rings. The Kier molecular flexibility index (Phi) is 6.65. The van der Waals surface area contributed by atoms with Gasteiger partial charge in [0, 0.05) is 19.1 Å². The zero-order chi connectivity index (χ0) is 23.4. The van der Waals surface area contributed by atoms with Crippen molar-refractivity contribution in [2.75, 3.05) is 7.11 Å². The maximum absolute atomic E-state index is 12.6. The molecule has 0 unspecified atom stereocenters. The van der Waals surface area contributed by atoms with E-state index in [1.54, 1.807) is 19.2 Å². The van der Waals surface area contributed by atoms with E-state index in [0.717, 1.165) is 40.8 Å². The van der Waals surface area contributed by atoms with Crippen LogP contribution in [-0.2, 0) is 19.5 Å². The summed E-state index contributed by atoms with van der Waals surface area (Å²) in [5, 5.41) is 15.7. The first-order chi connectivity index (χ1) is 16.0. The first-order valence-corrected chi connectivity index (χ1v) is 10.8. The number of fused-ring (bicyclic) bond motifs is 1. The van der Waals surface area contributed by atoms with Gasteiger partial charge in [-0.1, -0.05) is 18.2 Å². The highest BCUT2D eigenvalue weighted by atomic mass is 16.5. The minimum absolute atomic E-state index is 0.113. The Bertz CT molecular complexity index is 1190. The monoisotopic (exact) mass is 446 g/mol. The Morgan fingerprint density at radius 3 is 2.79 bits per heavy atom. The van der Waals surface area contributed by atoms with Crippen LogP contribution in [0.1, 0.15) is 61.3 Å². The summed E-state index contributed by atoms with van der Waals surface area (Å²) in [5.74, 6) is -0.436. The van der Waals surface area contributed by atoms with Crippen LogP contribution in [-0.4, -0.2) is 34.1 Å². The standard InChI is InChI=1S/C25H26N4O4/c1-15-19-8-9-22(21(19)7-6-20(15)25(31)32)26-13-17-11-23(29-14-28-17)24(30)27-12-16-4-3-5-18(10-16)33-2/h3-7,10-11,14,22,26H,8-9,12-13H2,1-2H3,(H,27,30)(H,31,32)/t22-/m0/s1. The summed E-state index contributed by atoms with van der Waals surface area (Å²) >= 11 is 0. The van der Waals surface area contributed by atoms with Crippen molar-refractivity contribution in [3.8, 4) is 5.75 Å². The fourth-order valence-electron chi connectivity index (χ4n) is 4.23. The van der Waals surface area contributed by atoms with Crippen molar-refractivity contribution in [3.05, 3.63) is 88.0 Å². The normalized spacial score (nSPS) is 14.5. The topological polar surface area (TPSA) is 113 Å². The van der Waals surface area contributed by atoms with Crippen molar-refractivity contribution in [2.45, 2.75) is 38.9 Å². The maximum atomic E-state index is 12.6. The summed E-state index contributed by atoms with van der Waals surface area (Å²) in [6.45, 7) is 2.71. The minimum Gasteiger partial charge on any atom is -0.497 e. The van der Waals surface area contributed by atoms with Crippen molar-refractivity contribution in [3.63, 3.8) is 0 Å². The van der Waals surface area contributed by atoms with Crippen LogP contribution >= 0.6 is 0 Å². The van der Waals surface area contributed by atoms with Crippen molar-refractivity contribution >= 4 is 11.9 Å². The summed E-state index contributed by atoms with van der Waals surface area (Å²) < 4.78 is 5.21. The molecule has 1 aliphatic carbocycles. The van der Waals surface area contributed by atoms with Gasteiger partial charge in [0.25, 0.3) is 5.91 Å². The highest BCUT2D eigenvalue weighted by molar-refractivity contribution is 5.92.